The summed E-state index contributed by atoms with van der Waals surface area (Å²) in [5, 5.41) is 1.46. The highest BCUT2D eigenvalue weighted by Gasteiger charge is 2.14. The highest BCUT2D eigenvalue weighted by atomic mass is 32.2. The van der Waals surface area contributed by atoms with Crippen molar-refractivity contribution in [3.05, 3.63) is 45.1 Å². The Morgan fingerprint density at radius 3 is 2.56 bits per heavy atom. The summed E-state index contributed by atoms with van der Waals surface area (Å²) in [7, 11) is 3.41. The van der Waals surface area contributed by atoms with Gasteiger partial charge in [-0.25, -0.2) is 4.98 Å². The molecule has 0 aliphatic rings. The van der Waals surface area contributed by atoms with Gasteiger partial charge in [-0.15, -0.1) is 11.3 Å². The number of fused-ring (bicyclic) bond motifs is 1. The summed E-state index contributed by atoms with van der Waals surface area (Å²) in [6, 6.07) is 7.48. The molecule has 0 unspecified atom stereocenters. The van der Waals surface area contributed by atoms with E-state index in [4.69, 9.17) is 9.47 Å². The van der Waals surface area contributed by atoms with E-state index in [1.807, 2.05) is 38.1 Å². The number of thiophene rings is 1. The lowest BCUT2D eigenvalue weighted by molar-refractivity contribution is 0.342. The smallest absolute Gasteiger partial charge is 0.262 e. The quantitative estimate of drug-likeness (QED) is 0.372. The van der Waals surface area contributed by atoms with Crippen LogP contribution in [0.4, 0.5) is 0 Å². The molecule has 3 aromatic rings. The molecule has 0 radical (unpaired) electrons. The van der Waals surface area contributed by atoms with E-state index < -0.39 is 0 Å². The third-order valence-corrected chi connectivity index (χ3v) is 6.11. The molecule has 0 bridgehead atoms. The summed E-state index contributed by atoms with van der Waals surface area (Å²) in [6.07, 6.45) is 0. The molecule has 132 valence electrons. The van der Waals surface area contributed by atoms with Gasteiger partial charge < -0.3 is 9.47 Å². The van der Waals surface area contributed by atoms with E-state index in [0.717, 1.165) is 37.3 Å². The number of ether oxygens (including phenoxy) is 2. The third-order valence-electron chi connectivity index (χ3n) is 4.01. The first-order valence-corrected chi connectivity index (χ1v) is 9.68. The zero-order valence-electron chi connectivity index (χ0n) is 14.7. The number of benzene rings is 1. The number of aryl methyl sites for hydroxylation is 2. The molecule has 0 aliphatic heterocycles. The fourth-order valence-electron chi connectivity index (χ4n) is 2.45. The Kier molecular flexibility index (Phi) is 5.34. The molecule has 0 aliphatic carbocycles. The van der Waals surface area contributed by atoms with Crippen molar-refractivity contribution in [3.8, 4) is 11.5 Å². The molecule has 1 aromatic carbocycles. The van der Waals surface area contributed by atoms with Crippen molar-refractivity contribution in [2.45, 2.75) is 19.0 Å². The second kappa shape index (κ2) is 7.49. The summed E-state index contributed by atoms with van der Waals surface area (Å²) < 4.78 is 12.5. The minimum atomic E-state index is 0.0189. The summed E-state index contributed by atoms with van der Waals surface area (Å²) in [6.45, 7) is 4.54. The van der Waals surface area contributed by atoms with Crippen molar-refractivity contribution >= 4 is 33.3 Å². The van der Waals surface area contributed by atoms with Gasteiger partial charge in [0, 0.05) is 17.7 Å². The van der Waals surface area contributed by atoms with Crippen LogP contribution in [0.15, 0.2) is 34.2 Å². The lowest BCUT2D eigenvalue weighted by Gasteiger charge is -2.09. The molecule has 2 heterocycles. The van der Waals surface area contributed by atoms with Crippen LogP contribution in [0.25, 0.3) is 10.2 Å². The zero-order valence-corrected chi connectivity index (χ0v) is 16.3. The molecule has 0 saturated heterocycles. The number of nitrogens with zero attached hydrogens (tertiary/aromatic N) is 2. The molecule has 0 fully saturated rings. The molecule has 5 nitrogen and oxygen atoms in total. The maximum Gasteiger partial charge on any atom is 0.262 e. The second-order valence-electron chi connectivity index (χ2n) is 5.59. The molecule has 0 amide bonds. The molecule has 0 saturated carbocycles. The van der Waals surface area contributed by atoms with Crippen molar-refractivity contribution in [2.75, 3.05) is 19.5 Å². The number of hydrogen-bond donors (Lipinski definition) is 0. The van der Waals surface area contributed by atoms with Gasteiger partial charge in [-0.05, 0) is 43.7 Å². The van der Waals surface area contributed by atoms with Gasteiger partial charge in [0.15, 0.2) is 5.16 Å². The maximum atomic E-state index is 12.6. The van der Waals surface area contributed by atoms with Crippen molar-refractivity contribution < 1.29 is 9.47 Å². The third kappa shape index (κ3) is 3.67. The monoisotopic (exact) mass is 376 g/mol. The van der Waals surface area contributed by atoms with Gasteiger partial charge in [0.25, 0.3) is 5.56 Å². The lowest BCUT2D eigenvalue weighted by Crippen LogP contribution is -2.20. The van der Waals surface area contributed by atoms with Crippen LogP contribution in [0.2, 0.25) is 0 Å². The first kappa shape index (κ1) is 17.8. The SMILES string of the molecule is COc1ccc(OCCSc2nc3sc(C)c(C)c3c(=O)n2C)cc1. The van der Waals surface area contributed by atoms with Crippen LogP contribution in [-0.2, 0) is 7.05 Å². The van der Waals surface area contributed by atoms with Crippen LogP contribution in [0.1, 0.15) is 10.4 Å². The molecule has 0 spiro atoms. The van der Waals surface area contributed by atoms with Crippen molar-refractivity contribution in [1.82, 2.24) is 9.55 Å². The number of thioether (sulfide) groups is 1. The van der Waals surface area contributed by atoms with Gasteiger partial charge in [0.2, 0.25) is 0 Å². The highest BCUT2D eigenvalue weighted by Crippen LogP contribution is 2.28. The Bertz CT molecular complexity index is 946. The summed E-state index contributed by atoms with van der Waals surface area (Å²) in [5.74, 6) is 2.31. The van der Waals surface area contributed by atoms with Gasteiger partial charge in [-0.2, -0.15) is 0 Å². The van der Waals surface area contributed by atoms with E-state index in [2.05, 4.69) is 4.98 Å². The van der Waals surface area contributed by atoms with Crippen LogP contribution >= 0.6 is 23.1 Å². The standard InChI is InChI=1S/C18H20N2O3S2/c1-11-12(2)25-16-15(11)17(21)20(3)18(19-16)24-10-9-23-14-7-5-13(22-4)6-8-14/h5-8H,9-10H2,1-4H3. The summed E-state index contributed by atoms with van der Waals surface area (Å²) in [5.41, 5.74) is 1.05. The van der Waals surface area contributed by atoms with Crippen molar-refractivity contribution in [2.24, 2.45) is 7.05 Å². The fourth-order valence-corrected chi connectivity index (χ4v) is 4.31. The number of rotatable bonds is 6. The van der Waals surface area contributed by atoms with Crippen LogP contribution < -0.4 is 15.0 Å². The van der Waals surface area contributed by atoms with Crippen LogP contribution in [0.3, 0.4) is 0 Å². The average Bonchev–Trinajstić information content (AvgIpc) is 2.90. The molecular weight excluding hydrogens is 356 g/mol. The fraction of sp³-hybridized carbons (Fsp3) is 0.333. The maximum absolute atomic E-state index is 12.6. The predicted molar refractivity (Wildman–Crippen MR) is 104 cm³/mol. The molecule has 2 aromatic heterocycles. The van der Waals surface area contributed by atoms with E-state index in [-0.39, 0.29) is 5.56 Å². The van der Waals surface area contributed by atoms with Gasteiger partial charge in [0.1, 0.15) is 16.3 Å². The van der Waals surface area contributed by atoms with Gasteiger partial charge in [-0.3, -0.25) is 9.36 Å². The number of aromatic nitrogens is 2. The Morgan fingerprint density at radius 1 is 1.20 bits per heavy atom. The van der Waals surface area contributed by atoms with Crippen molar-refractivity contribution in [1.29, 1.82) is 0 Å². The molecule has 7 heteroatoms. The van der Waals surface area contributed by atoms with E-state index >= 15 is 0 Å². The Labute approximate surface area is 154 Å². The van der Waals surface area contributed by atoms with E-state index in [9.17, 15) is 4.79 Å². The second-order valence-corrected chi connectivity index (χ2v) is 7.86. The predicted octanol–water partition coefficient (Wildman–Crippen LogP) is 3.79. The van der Waals surface area contributed by atoms with E-state index in [1.54, 1.807) is 30.1 Å². The molecule has 3 rings (SSSR count). The first-order chi connectivity index (χ1) is 12.0. The topological polar surface area (TPSA) is 53.4 Å². The minimum Gasteiger partial charge on any atom is -0.497 e. The van der Waals surface area contributed by atoms with E-state index in [1.165, 1.54) is 11.8 Å². The summed E-state index contributed by atoms with van der Waals surface area (Å²) >= 11 is 3.10. The molecular formula is C18H20N2O3S2. The Balaban J connectivity index is 1.66. The first-order valence-electron chi connectivity index (χ1n) is 7.87. The van der Waals surface area contributed by atoms with Gasteiger partial charge in [-0.1, -0.05) is 11.8 Å². The van der Waals surface area contributed by atoms with Crippen LogP contribution in [0, 0.1) is 13.8 Å². The van der Waals surface area contributed by atoms with Gasteiger partial charge >= 0.3 is 0 Å². The summed E-state index contributed by atoms with van der Waals surface area (Å²) in [4.78, 5) is 19.2. The average molecular weight is 377 g/mol. The number of hydrogen-bond acceptors (Lipinski definition) is 6. The van der Waals surface area contributed by atoms with Crippen molar-refractivity contribution in [3.63, 3.8) is 0 Å². The molecule has 25 heavy (non-hydrogen) atoms. The van der Waals surface area contributed by atoms with E-state index in [0.29, 0.717) is 12.4 Å². The number of methoxy groups -OCH3 is 1. The van der Waals surface area contributed by atoms with Crippen LogP contribution in [-0.4, -0.2) is 29.0 Å². The molecule has 0 atom stereocenters. The normalized spacial score (nSPS) is 11.0. The Morgan fingerprint density at radius 2 is 1.88 bits per heavy atom. The largest absolute Gasteiger partial charge is 0.497 e. The van der Waals surface area contributed by atoms with Gasteiger partial charge in [0.05, 0.1) is 19.1 Å². The lowest BCUT2D eigenvalue weighted by atomic mass is 10.2. The zero-order chi connectivity index (χ0) is 18.0. The highest BCUT2D eigenvalue weighted by molar-refractivity contribution is 7.99. The minimum absolute atomic E-state index is 0.0189. The Hall–Kier alpha value is -1.99. The van der Waals surface area contributed by atoms with Crippen LogP contribution in [0.5, 0.6) is 11.5 Å². The molecule has 0 N–H and O–H groups in total.